The number of aromatic hydroxyl groups is 1. The van der Waals surface area contributed by atoms with Gasteiger partial charge in [0.15, 0.2) is 0 Å². The van der Waals surface area contributed by atoms with E-state index in [1.807, 2.05) is 13.0 Å². The van der Waals surface area contributed by atoms with E-state index in [4.69, 9.17) is 0 Å². The second-order valence-electron chi connectivity index (χ2n) is 3.71. The van der Waals surface area contributed by atoms with Gasteiger partial charge in [-0.25, -0.2) is 0 Å². The summed E-state index contributed by atoms with van der Waals surface area (Å²) in [6, 6.07) is 5.73. The number of nitrogens with zero attached hydrogens (tertiary/aromatic N) is 1. The molecule has 1 aromatic rings. The van der Waals surface area contributed by atoms with Gasteiger partial charge in [-0.15, -0.1) is 0 Å². The SMILES string of the molecule is CCN(C)CCc1cccc(O)c1C. The van der Waals surface area contributed by atoms with Crippen LogP contribution in [-0.2, 0) is 6.42 Å². The van der Waals surface area contributed by atoms with E-state index < -0.39 is 0 Å². The minimum Gasteiger partial charge on any atom is -0.508 e. The summed E-state index contributed by atoms with van der Waals surface area (Å²) in [5.74, 6) is 0.404. The highest BCUT2D eigenvalue weighted by Crippen LogP contribution is 2.19. The lowest BCUT2D eigenvalue weighted by Gasteiger charge is -2.14. The molecule has 0 radical (unpaired) electrons. The molecular weight excluding hydrogens is 174 g/mol. The van der Waals surface area contributed by atoms with Gasteiger partial charge in [-0.2, -0.15) is 0 Å². The van der Waals surface area contributed by atoms with Crippen LogP contribution in [0.15, 0.2) is 18.2 Å². The molecule has 0 amide bonds. The van der Waals surface area contributed by atoms with Crippen molar-refractivity contribution in [1.29, 1.82) is 0 Å². The van der Waals surface area contributed by atoms with Gasteiger partial charge in [0.25, 0.3) is 0 Å². The Morgan fingerprint density at radius 1 is 1.36 bits per heavy atom. The molecule has 0 aliphatic carbocycles. The summed E-state index contributed by atoms with van der Waals surface area (Å²) in [5.41, 5.74) is 2.25. The van der Waals surface area contributed by atoms with Crippen LogP contribution >= 0.6 is 0 Å². The normalized spacial score (nSPS) is 10.9. The largest absolute Gasteiger partial charge is 0.508 e. The van der Waals surface area contributed by atoms with Crippen LogP contribution in [0.25, 0.3) is 0 Å². The molecule has 0 unspecified atom stereocenters. The molecule has 0 aliphatic heterocycles. The van der Waals surface area contributed by atoms with E-state index in [1.165, 1.54) is 5.56 Å². The first-order chi connectivity index (χ1) is 6.65. The van der Waals surface area contributed by atoms with Crippen molar-refractivity contribution in [3.63, 3.8) is 0 Å². The minimum absolute atomic E-state index is 0.404. The van der Waals surface area contributed by atoms with Crippen LogP contribution in [0.1, 0.15) is 18.1 Å². The summed E-state index contributed by atoms with van der Waals surface area (Å²) >= 11 is 0. The van der Waals surface area contributed by atoms with Gasteiger partial charge in [-0.1, -0.05) is 19.1 Å². The lowest BCUT2D eigenvalue weighted by atomic mass is 10.0. The van der Waals surface area contributed by atoms with Crippen LogP contribution in [0.3, 0.4) is 0 Å². The molecule has 1 aromatic carbocycles. The Labute approximate surface area is 86.2 Å². The minimum atomic E-state index is 0.404. The third kappa shape index (κ3) is 2.74. The second-order valence-corrected chi connectivity index (χ2v) is 3.71. The van der Waals surface area contributed by atoms with Crippen LogP contribution in [0, 0.1) is 6.92 Å². The van der Waals surface area contributed by atoms with E-state index in [0.29, 0.717) is 5.75 Å². The van der Waals surface area contributed by atoms with Crippen LogP contribution in [-0.4, -0.2) is 30.1 Å². The first-order valence-corrected chi connectivity index (χ1v) is 5.11. The van der Waals surface area contributed by atoms with E-state index in [-0.39, 0.29) is 0 Å². The topological polar surface area (TPSA) is 23.5 Å². The lowest BCUT2D eigenvalue weighted by molar-refractivity contribution is 0.357. The number of phenolic OH excluding ortho intramolecular Hbond substituents is 1. The maximum absolute atomic E-state index is 9.51. The number of benzene rings is 1. The van der Waals surface area contributed by atoms with Gasteiger partial charge in [-0.3, -0.25) is 0 Å². The van der Waals surface area contributed by atoms with Crippen LogP contribution < -0.4 is 0 Å². The summed E-state index contributed by atoms with van der Waals surface area (Å²) in [4.78, 5) is 2.27. The van der Waals surface area contributed by atoms with Crippen molar-refractivity contribution in [2.45, 2.75) is 20.3 Å². The van der Waals surface area contributed by atoms with Crippen molar-refractivity contribution in [3.05, 3.63) is 29.3 Å². The molecule has 0 fully saturated rings. The maximum atomic E-state index is 9.51. The third-order valence-corrected chi connectivity index (χ3v) is 2.72. The lowest BCUT2D eigenvalue weighted by Crippen LogP contribution is -2.20. The van der Waals surface area contributed by atoms with Crippen molar-refractivity contribution < 1.29 is 5.11 Å². The molecule has 1 rings (SSSR count). The molecule has 1 N–H and O–H groups in total. The zero-order valence-electron chi connectivity index (χ0n) is 9.25. The predicted octanol–water partition coefficient (Wildman–Crippen LogP) is 2.19. The summed E-state index contributed by atoms with van der Waals surface area (Å²) in [6.45, 7) is 6.23. The van der Waals surface area contributed by atoms with Gasteiger partial charge in [0.05, 0.1) is 0 Å². The van der Waals surface area contributed by atoms with E-state index in [9.17, 15) is 5.11 Å². The Kier molecular flexibility index (Phi) is 3.96. The standard InChI is InChI=1S/C12H19NO/c1-4-13(3)9-8-11-6-5-7-12(14)10(11)2/h5-7,14H,4,8-9H2,1-3H3. The molecule has 0 aliphatic rings. The molecule has 14 heavy (non-hydrogen) atoms. The smallest absolute Gasteiger partial charge is 0.118 e. The Hall–Kier alpha value is -1.02. The Balaban J connectivity index is 2.63. The van der Waals surface area contributed by atoms with Crippen molar-refractivity contribution >= 4 is 0 Å². The summed E-state index contributed by atoms with van der Waals surface area (Å²) in [6.07, 6.45) is 1.00. The molecule has 0 bridgehead atoms. The number of hydrogen-bond donors (Lipinski definition) is 1. The molecule has 0 spiro atoms. The number of rotatable bonds is 4. The number of likely N-dealkylation sites (N-methyl/N-ethyl adjacent to an activating group) is 1. The fraction of sp³-hybridized carbons (Fsp3) is 0.500. The number of phenols is 1. The quantitative estimate of drug-likeness (QED) is 0.792. The molecule has 2 heteroatoms. The summed E-state index contributed by atoms with van der Waals surface area (Å²) in [7, 11) is 2.11. The number of hydrogen-bond acceptors (Lipinski definition) is 2. The van der Waals surface area contributed by atoms with E-state index in [0.717, 1.165) is 25.1 Å². The maximum Gasteiger partial charge on any atom is 0.118 e. The van der Waals surface area contributed by atoms with Crippen molar-refractivity contribution in [2.75, 3.05) is 20.1 Å². The molecule has 78 valence electrons. The predicted molar refractivity (Wildman–Crippen MR) is 59.7 cm³/mol. The first kappa shape index (κ1) is 11.1. The third-order valence-electron chi connectivity index (χ3n) is 2.72. The van der Waals surface area contributed by atoms with E-state index >= 15 is 0 Å². The fourth-order valence-corrected chi connectivity index (χ4v) is 1.41. The van der Waals surface area contributed by atoms with Crippen molar-refractivity contribution in [2.24, 2.45) is 0 Å². The summed E-state index contributed by atoms with van der Waals surface area (Å²) in [5, 5.41) is 9.51. The highest BCUT2D eigenvalue weighted by molar-refractivity contribution is 5.38. The van der Waals surface area contributed by atoms with Gasteiger partial charge < -0.3 is 10.0 Å². The monoisotopic (exact) mass is 193 g/mol. The van der Waals surface area contributed by atoms with Gasteiger partial charge >= 0.3 is 0 Å². The molecule has 0 saturated heterocycles. The van der Waals surface area contributed by atoms with Gasteiger partial charge in [0.2, 0.25) is 0 Å². The first-order valence-electron chi connectivity index (χ1n) is 5.11. The van der Waals surface area contributed by atoms with Crippen LogP contribution in [0.5, 0.6) is 5.75 Å². The average Bonchev–Trinajstić information content (AvgIpc) is 2.20. The van der Waals surface area contributed by atoms with Crippen molar-refractivity contribution in [1.82, 2.24) is 4.90 Å². The van der Waals surface area contributed by atoms with Crippen LogP contribution in [0.4, 0.5) is 0 Å². The van der Waals surface area contributed by atoms with Crippen molar-refractivity contribution in [3.8, 4) is 5.75 Å². The Morgan fingerprint density at radius 3 is 2.71 bits per heavy atom. The molecule has 0 aromatic heterocycles. The van der Waals surface area contributed by atoms with Crippen LogP contribution in [0.2, 0.25) is 0 Å². The zero-order chi connectivity index (χ0) is 10.6. The highest BCUT2D eigenvalue weighted by Gasteiger charge is 2.03. The second kappa shape index (κ2) is 5.01. The molecule has 2 nitrogen and oxygen atoms in total. The Bertz CT molecular complexity index is 296. The zero-order valence-corrected chi connectivity index (χ0v) is 9.25. The van der Waals surface area contributed by atoms with Gasteiger partial charge in [-0.05, 0) is 44.1 Å². The fourth-order valence-electron chi connectivity index (χ4n) is 1.41. The van der Waals surface area contributed by atoms with Gasteiger partial charge in [0.1, 0.15) is 5.75 Å². The Morgan fingerprint density at radius 2 is 2.07 bits per heavy atom. The molecule has 0 atom stereocenters. The average molecular weight is 193 g/mol. The molecular formula is C12H19NO. The molecule has 0 saturated carbocycles. The van der Waals surface area contributed by atoms with E-state index in [1.54, 1.807) is 6.07 Å². The van der Waals surface area contributed by atoms with Gasteiger partial charge in [0, 0.05) is 6.54 Å². The molecule has 0 heterocycles. The summed E-state index contributed by atoms with van der Waals surface area (Å²) < 4.78 is 0. The van der Waals surface area contributed by atoms with E-state index in [2.05, 4.69) is 24.9 Å². The highest BCUT2D eigenvalue weighted by atomic mass is 16.3.